The lowest BCUT2D eigenvalue weighted by molar-refractivity contribution is -0.128. The summed E-state index contributed by atoms with van der Waals surface area (Å²) in [6, 6.07) is 0.587. The summed E-state index contributed by atoms with van der Waals surface area (Å²) >= 11 is 13.1. The number of methoxy groups -OCH3 is 2. The van der Waals surface area contributed by atoms with Crippen molar-refractivity contribution in [2.45, 2.75) is 25.6 Å². The average molecular weight is 607 g/mol. The van der Waals surface area contributed by atoms with Crippen molar-refractivity contribution in [1.29, 1.82) is 0 Å². The van der Waals surface area contributed by atoms with E-state index in [4.69, 9.17) is 38.4 Å². The van der Waals surface area contributed by atoms with Gasteiger partial charge in [-0.05, 0) is 6.92 Å². The third-order valence-electron chi connectivity index (χ3n) is 7.06. The van der Waals surface area contributed by atoms with Gasteiger partial charge in [-0.25, -0.2) is 9.78 Å². The Hall–Kier alpha value is -3.65. The van der Waals surface area contributed by atoms with E-state index >= 15 is 0 Å². The van der Waals surface area contributed by atoms with E-state index in [1.807, 2.05) is 0 Å². The number of nitrogens with one attached hydrogen (secondary N) is 2. The standard InChI is InChI=1S/C26H32Cl2N8O5/c1-13(14(2)37)8-30-16-11-35(20(38)7-29)12-17(16)32-25-31-9-15-10-36(26(39)34(3)24(15)33-25)23-21(27)18(40-4)6-19(41-5)22(23)28/h6,9,16-17,30H,1,7-8,10-12,29H2,2-5H3,(H,31,32,33). The van der Waals surface area contributed by atoms with Crippen molar-refractivity contribution >= 4 is 58.4 Å². The van der Waals surface area contributed by atoms with Gasteiger partial charge in [0.1, 0.15) is 27.4 Å². The highest BCUT2D eigenvalue weighted by molar-refractivity contribution is 6.42. The SMILES string of the molecule is C=C(CNC1CN(C(=O)CN)CC1Nc1ncc2c(n1)N(C)C(=O)N(c1c(Cl)c(OC)cc(OC)c1Cl)C2)C(C)=O. The van der Waals surface area contributed by atoms with Gasteiger partial charge >= 0.3 is 6.03 Å². The molecule has 1 aromatic carbocycles. The zero-order valence-electron chi connectivity index (χ0n) is 23.2. The molecule has 3 heterocycles. The first-order valence-corrected chi connectivity index (χ1v) is 13.4. The number of Topliss-reactive ketones (excluding diaryl/α,β-unsaturated/α-hetero) is 1. The highest BCUT2D eigenvalue weighted by Crippen LogP contribution is 2.47. The second-order valence-electron chi connectivity index (χ2n) is 9.63. The van der Waals surface area contributed by atoms with E-state index in [-0.39, 0.29) is 65.1 Å². The molecule has 2 aliphatic heterocycles. The van der Waals surface area contributed by atoms with Gasteiger partial charge in [-0.3, -0.25) is 19.4 Å². The molecule has 0 spiro atoms. The number of amides is 3. The minimum atomic E-state index is -0.427. The number of rotatable bonds is 10. The second kappa shape index (κ2) is 12.5. The van der Waals surface area contributed by atoms with Gasteiger partial charge in [0.15, 0.2) is 5.78 Å². The van der Waals surface area contributed by atoms with Crippen molar-refractivity contribution < 1.29 is 23.9 Å². The molecule has 0 bridgehead atoms. The van der Waals surface area contributed by atoms with Crippen LogP contribution in [0.2, 0.25) is 10.0 Å². The molecule has 220 valence electrons. The van der Waals surface area contributed by atoms with Crippen LogP contribution in [0, 0.1) is 0 Å². The Labute approximate surface area is 247 Å². The molecule has 4 N–H and O–H groups in total. The van der Waals surface area contributed by atoms with Crippen molar-refractivity contribution in [2.75, 3.05) is 62.6 Å². The molecule has 1 aromatic heterocycles. The lowest BCUT2D eigenvalue weighted by Gasteiger charge is -2.35. The molecule has 13 nitrogen and oxygen atoms in total. The van der Waals surface area contributed by atoms with E-state index in [2.05, 4.69) is 27.2 Å². The molecule has 2 aliphatic rings. The summed E-state index contributed by atoms with van der Waals surface area (Å²) in [6.07, 6.45) is 1.61. The van der Waals surface area contributed by atoms with E-state index in [9.17, 15) is 14.4 Å². The van der Waals surface area contributed by atoms with Crippen LogP contribution in [0.1, 0.15) is 12.5 Å². The minimum absolute atomic E-state index is 0.0914. The van der Waals surface area contributed by atoms with Gasteiger partial charge in [-0.2, -0.15) is 4.98 Å². The number of carbonyl (C=O) groups excluding carboxylic acids is 3. The summed E-state index contributed by atoms with van der Waals surface area (Å²) in [5, 5.41) is 6.87. The number of hydrogen-bond donors (Lipinski definition) is 3. The summed E-state index contributed by atoms with van der Waals surface area (Å²) < 4.78 is 10.7. The fourth-order valence-electron chi connectivity index (χ4n) is 4.70. The van der Waals surface area contributed by atoms with Crippen LogP contribution in [0.5, 0.6) is 11.5 Å². The van der Waals surface area contributed by atoms with Crippen molar-refractivity contribution in [1.82, 2.24) is 20.2 Å². The number of benzene rings is 1. The third-order valence-corrected chi connectivity index (χ3v) is 7.79. The Kier molecular flexibility index (Phi) is 9.22. The number of ketones is 1. The first-order valence-electron chi connectivity index (χ1n) is 12.7. The van der Waals surface area contributed by atoms with E-state index in [1.165, 1.54) is 30.9 Å². The average Bonchev–Trinajstić information content (AvgIpc) is 3.36. The number of halogens is 2. The number of anilines is 3. The predicted molar refractivity (Wildman–Crippen MR) is 156 cm³/mol. The van der Waals surface area contributed by atoms with Gasteiger partial charge in [0.25, 0.3) is 0 Å². The molecule has 4 rings (SSSR count). The molecule has 15 heteroatoms. The molecule has 0 radical (unpaired) electrons. The Morgan fingerprint density at radius 2 is 1.80 bits per heavy atom. The van der Waals surface area contributed by atoms with E-state index < -0.39 is 6.03 Å². The number of fused-ring (bicyclic) bond motifs is 1. The van der Waals surface area contributed by atoms with Gasteiger partial charge < -0.3 is 30.7 Å². The van der Waals surface area contributed by atoms with Crippen LogP contribution in [-0.2, 0) is 16.1 Å². The highest BCUT2D eigenvalue weighted by Gasteiger charge is 2.37. The maximum Gasteiger partial charge on any atom is 0.330 e. The Morgan fingerprint density at radius 1 is 1.17 bits per heavy atom. The highest BCUT2D eigenvalue weighted by atomic mass is 35.5. The third kappa shape index (κ3) is 6.03. The monoisotopic (exact) mass is 606 g/mol. The predicted octanol–water partition coefficient (Wildman–Crippen LogP) is 2.06. The summed E-state index contributed by atoms with van der Waals surface area (Å²) in [5.41, 5.74) is 6.89. The van der Waals surface area contributed by atoms with Gasteiger partial charge in [0.2, 0.25) is 11.9 Å². The van der Waals surface area contributed by atoms with Crippen LogP contribution in [0.15, 0.2) is 24.4 Å². The first-order chi connectivity index (χ1) is 19.5. The van der Waals surface area contributed by atoms with Gasteiger partial charge in [-0.15, -0.1) is 0 Å². The van der Waals surface area contributed by atoms with Gasteiger partial charge in [-0.1, -0.05) is 29.8 Å². The number of aromatic nitrogens is 2. The number of ether oxygens (including phenoxy) is 2. The summed E-state index contributed by atoms with van der Waals surface area (Å²) in [5.74, 6) is 0.940. The number of hydrogen-bond acceptors (Lipinski definition) is 10. The lowest BCUT2D eigenvalue weighted by atomic mass is 10.1. The molecular formula is C26H32Cl2N8O5. The molecule has 3 amide bonds. The van der Waals surface area contributed by atoms with E-state index in [0.717, 1.165) is 0 Å². The molecule has 0 aliphatic carbocycles. The summed E-state index contributed by atoms with van der Waals surface area (Å²) in [7, 11) is 4.49. The molecule has 0 saturated carbocycles. The second-order valence-corrected chi connectivity index (χ2v) is 10.4. The molecule has 1 fully saturated rings. The molecular weight excluding hydrogens is 575 g/mol. The Balaban J connectivity index is 1.59. The van der Waals surface area contributed by atoms with Crippen molar-refractivity contribution in [3.63, 3.8) is 0 Å². The van der Waals surface area contributed by atoms with Crippen LogP contribution in [-0.4, -0.2) is 92.1 Å². The lowest BCUT2D eigenvalue weighted by Crippen LogP contribution is -2.47. The molecule has 41 heavy (non-hydrogen) atoms. The van der Waals surface area contributed by atoms with E-state index in [1.54, 1.807) is 24.2 Å². The maximum absolute atomic E-state index is 13.5. The Bertz CT molecular complexity index is 1360. The first kappa shape index (κ1) is 30.3. The van der Waals surface area contributed by atoms with Crippen LogP contribution in [0.4, 0.5) is 22.2 Å². The zero-order chi connectivity index (χ0) is 30.0. The zero-order valence-corrected chi connectivity index (χ0v) is 24.7. The number of likely N-dealkylation sites (tertiary alicyclic amines) is 1. The van der Waals surface area contributed by atoms with Crippen LogP contribution < -0.4 is 35.6 Å². The smallest absolute Gasteiger partial charge is 0.330 e. The maximum atomic E-state index is 13.5. The van der Waals surface area contributed by atoms with Crippen molar-refractivity contribution in [3.8, 4) is 11.5 Å². The van der Waals surface area contributed by atoms with Crippen LogP contribution in [0.3, 0.4) is 0 Å². The number of nitrogens with zero attached hydrogens (tertiary/aromatic N) is 5. The quantitative estimate of drug-likeness (QED) is 0.342. The number of urea groups is 1. The number of carbonyl (C=O) groups is 3. The minimum Gasteiger partial charge on any atom is -0.495 e. The molecule has 2 unspecified atom stereocenters. The summed E-state index contributed by atoms with van der Waals surface area (Å²) in [4.78, 5) is 51.0. The molecule has 2 atom stereocenters. The Morgan fingerprint density at radius 3 is 2.39 bits per heavy atom. The van der Waals surface area contributed by atoms with Crippen LogP contribution >= 0.6 is 23.2 Å². The largest absolute Gasteiger partial charge is 0.495 e. The molecule has 2 aromatic rings. The fourth-order valence-corrected chi connectivity index (χ4v) is 5.40. The normalized spacial score (nSPS) is 18.3. The van der Waals surface area contributed by atoms with Gasteiger partial charge in [0.05, 0.1) is 39.0 Å². The fraction of sp³-hybridized carbons (Fsp3) is 0.423. The van der Waals surface area contributed by atoms with E-state index in [0.29, 0.717) is 41.5 Å². The van der Waals surface area contributed by atoms with Crippen LogP contribution in [0.25, 0.3) is 0 Å². The van der Waals surface area contributed by atoms with Crippen molar-refractivity contribution in [2.24, 2.45) is 5.73 Å². The number of nitrogens with two attached hydrogens (primary N) is 1. The van der Waals surface area contributed by atoms with Crippen molar-refractivity contribution in [3.05, 3.63) is 40.0 Å². The van der Waals surface area contributed by atoms with Gasteiger partial charge in [0, 0.05) is 56.1 Å². The summed E-state index contributed by atoms with van der Waals surface area (Å²) in [6.45, 7) is 6.20. The molecule has 1 saturated heterocycles. The topological polar surface area (TPSA) is 155 Å².